The van der Waals surface area contributed by atoms with Crippen molar-refractivity contribution in [1.29, 1.82) is 0 Å². The molecule has 18 heavy (non-hydrogen) atoms. The van der Waals surface area contributed by atoms with Gasteiger partial charge >= 0.3 is 5.69 Å². The van der Waals surface area contributed by atoms with E-state index in [1.807, 2.05) is 6.92 Å². The number of rotatable bonds is 4. The number of nitrogen functional groups attached to an aromatic ring is 1. The lowest BCUT2D eigenvalue weighted by Crippen LogP contribution is -2.29. The zero-order valence-corrected chi connectivity index (χ0v) is 10.5. The molecule has 2 atom stereocenters. The molecule has 0 spiro atoms. The molecule has 1 aliphatic heterocycles. The average Bonchev–Trinajstić information content (AvgIpc) is 2.81. The standard InChI is InChI=1S/C12H19N3O3/c1-2-3-8-6-15(12(17)14-11(8)13)10-5-4-9(7-16)18-10/h6,9-10,16H,2-5,7H2,1H3,(H2,13,14,17)/t9-,10+/m0/s1. The number of hydrogen-bond acceptors (Lipinski definition) is 5. The summed E-state index contributed by atoms with van der Waals surface area (Å²) in [6, 6.07) is 0. The quantitative estimate of drug-likeness (QED) is 0.813. The van der Waals surface area contributed by atoms with Crippen molar-refractivity contribution in [2.75, 3.05) is 12.3 Å². The van der Waals surface area contributed by atoms with Crippen LogP contribution in [0.25, 0.3) is 0 Å². The van der Waals surface area contributed by atoms with Crippen molar-refractivity contribution >= 4 is 5.82 Å². The number of nitrogens with zero attached hydrogens (tertiary/aromatic N) is 2. The smallest absolute Gasteiger partial charge is 0.351 e. The number of nitrogens with two attached hydrogens (primary N) is 1. The lowest BCUT2D eigenvalue weighted by atomic mass is 10.2. The van der Waals surface area contributed by atoms with E-state index >= 15 is 0 Å². The highest BCUT2D eigenvalue weighted by Gasteiger charge is 2.27. The highest BCUT2D eigenvalue weighted by atomic mass is 16.5. The first-order chi connectivity index (χ1) is 8.65. The van der Waals surface area contributed by atoms with Gasteiger partial charge in [0.05, 0.1) is 12.7 Å². The number of aryl methyl sites for hydroxylation is 1. The van der Waals surface area contributed by atoms with Crippen LogP contribution in [-0.4, -0.2) is 27.4 Å². The lowest BCUT2D eigenvalue weighted by molar-refractivity contribution is -0.0246. The molecule has 1 aromatic rings. The third-order valence-electron chi connectivity index (χ3n) is 3.18. The van der Waals surface area contributed by atoms with Crippen LogP contribution in [0.15, 0.2) is 11.0 Å². The summed E-state index contributed by atoms with van der Waals surface area (Å²) in [6.45, 7) is 2.03. The van der Waals surface area contributed by atoms with Crippen LogP contribution < -0.4 is 11.4 Å². The molecular weight excluding hydrogens is 234 g/mol. The van der Waals surface area contributed by atoms with Crippen molar-refractivity contribution in [1.82, 2.24) is 9.55 Å². The van der Waals surface area contributed by atoms with Crippen molar-refractivity contribution in [2.45, 2.75) is 44.9 Å². The Bertz CT molecular complexity index is 472. The van der Waals surface area contributed by atoms with Gasteiger partial charge in [0.15, 0.2) is 0 Å². The Morgan fingerprint density at radius 1 is 1.61 bits per heavy atom. The zero-order chi connectivity index (χ0) is 13.1. The van der Waals surface area contributed by atoms with Gasteiger partial charge in [-0.05, 0) is 19.3 Å². The minimum Gasteiger partial charge on any atom is -0.394 e. The van der Waals surface area contributed by atoms with E-state index in [0.29, 0.717) is 12.2 Å². The minimum absolute atomic E-state index is 0.0184. The molecule has 0 aliphatic carbocycles. The molecule has 1 fully saturated rings. The van der Waals surface area contributed by atoms with Crippen LogP contribution in [-0.2, 0) is 11.2 Å². The van der Waals surface area contributed by atoms with Gasteiger partial charge in [0.25, 0.3) is 0 Å². The molecule has 6 nitrogen and oxygen atoms in total. The summed E-state index contributed by atoms with van der Waals surface area (Å²) in [4.78, 5) is 15.6. The Morgan fingerprint density at radius 3 is 3.00 bits per heavy atom. The van der Waals surface area contributed by atoms with Gasteiger partial charge in [0.2, 0.25) is 0 Å². The maximum absolute atomic E-state index is 11.8. The van der Waals surface area contributed by atoms with Crippen LogP contribution in [0.5, 0.6) is 0 Å². The van der Waals surface area contributed by atoms with E-state index in [-0.39, 0.29) is 18.9 Å². The summed E-state index contributed by atoms with van der Waals surface area (Å²) in [6.07, 6.45) is 4.40. The number of aromatic nitrogens is 2. The van der Waals surface area contributed by atoms with E-state index in [2.05, 4.69) is 4.98 Å². The van der Waals surface area contributed by atoms with Crippen molar-refractivity contribution in [2.24, 2.45) is 0 Å². The molecule has 100 valence electrons. The van der Waals surface area contributed by atoms with E-state index in [9.17, 15) is 4.79 Å². The van der Waals surface area contributed by atoms with Crippen LogP contribution in [0.3, 0.4) is 0 Å². The van der Waals surface area contributed by atoms with Gasteiger partial charge in [-0.15, -0.1) is 0 Å². The number of ether oxygens (including phenoxy) is 1. The molecule has 3 N–H and O–H groups in total. The fourth-order valence-corrected chi connectivity index (χ4v) is 2.22. The summed E-state index contributed by atoms with van der Waals surface area (Å²) in [5, 5.41) is 9.03. The van der Waals surface area contributed by atoms with E-state index in [4.69, 9.17) is 15.6 Å². The first-order valence-electron chi connectivity index (χ1n) is 6.29. The number of aliphatic hydroxyl groups is 1. The Kier molecular flexibility index (Phi) is 3.98. The SMILES string of the molecule is CCCc1cn([C@H]2CC[C@@H](CO)O2)c(=O)nc1N. The summed E-state index contributed by atoms with van der Waals surface area (Å²) in [5.41, 5.74) is 6.20. The van der Waals surface area contributed by atoms with Crippen LogP contribution in [0.2, 0.25) is 0 Å². The molecule has 1 aromatic heterocycles. The van der Waals surface area contributed by atoms with Gasteiger partial charge in [0, 0.05) is 11.8 Å². The third kappa shape index (κ3) is 2.54. The molecule has 6 heteroatoms. The normalized spacial score (nSPS) is 23.4. The summed E-state index contributed by atoms with van der Waals surface area (Å²) < 4.78 is 7.07. The molecular formula is C12H19N3O3. The Balaban J connectivity index is 2.27. The van der Waals surface area contributed by atoms with Crippen molar-refractivity contribution in [3.63, 3.8) is 0 Å². The molecule has 0 saturated carbocycles. The zero-order valence-electron chi connectivity index (χ0n) is 10.5. The summed E-state index contributed by atoms with van der Waals surface area (Å²) in [5.74, 6) is 0.301. The maximum atomic E-state index is 11.8. The Hall–Kier alpha value is -1.40. The first-order valence-corrected chi connectivity index (χ1v) is 6.29. The molecule has 0 unspecified atom stereocenters. The minimum atomic E-state index is -0.393. The van der Waals surface area contributed by atoms with Crippen LogP contribution in [0, 0.1) is 0 Å². The average molecular weight is 253 g/mol. The van der Waals surface area contributed by atoms with Gasteiger partial charge in [-0.2, -0.15) is 4.98 Å². The maximum Gasteiger partial charge on any atom is 0.351 e. The van der Waals surface area contributed by atoms with Gasteiger partial charge in [0.1, 0.15) is 12.0 Å². The molecule has 2 heterocycles. The van der Waals surface area contributed by atoms with E-state index in [1.165, 1.54) is 4.57 Å². The van der Waals surface area contributed by atoms with Gasteiger partial charge < -0.3 is 15.6 Å². The monoisotopic (exact) mass is 253 g/mol. The Labute approximate surface area is 105 Å². The number of anilines is 1. The Morgan fingerprint density at radius 2 is 2.39 bits per heavy atom. The second-order valence-corrected chi connectivity index (χ2v) is 4.56. The predicted molar refractivity (Wildman–Crippen MR) is 67.1 cm³/mol. The first kappa shape index (κ1) is 13.0. The van der Waals surface area contributed by atoms with Crippen LogP contribution in [0.1, 0.15) is 38.0 Å². The second-order valence-electron chi connectivity index (χ2n) is 4.56. The van der Waals surface area contributed by atoms with Crippen molar-refractivity contribution in [3.05, 3.63) is 22.2 Å². The number of hydrogen-bond donors (Lipinski definition) is 2. The van der Waals surface area contributed by atoms with Crippen molar-refractivity contribution < 1.29 is 9.84 Å². The predicted octanol–water partition coefficient (Wildman–Crippen LogP) is 0.448. The van der Waals surface area contributed by atoms with E-state index in [1.54, 1.807) is 6.20 Å². The third-order valence-corrected chi connectivity index (χ3v) is 3.18. The number of aliphatic hydroxyl groups excluding tert-OH is 1. The molecule has 1 saturated heterocycles. The summed E-state index contributed by atoms with van der Waals surface area (Å²) >= 11 is 0. The second kappa shape index (κ2) is 5.49. The van der Waals surface area contributed by atoms with E-state index < -0.39 is 5.69 Å². The topological polar surface area (TPSA) is 90.4 Å². The lowest BCUT2D eigenvalue weighted by Gasteiger charge is -2.16. The summed E-state index contributed by atoms with van der Waals surface area (Å²) in [7, 11) is 0. The van der Waals surface area contributed by atoms with Gasteiger partial charge in [-0.25, -0.2) is 4.79 Å². The molecule has 0 bridgehead atoms. The molecule has 2 rings (SSSR count). The molecule has 0 aromatic carbocycles. The largest absolute Gasteiger partial charge is 0.394 e. The fraction of sp³-hybridized carbons (Fsp3) is 0.667. The fourth-order valence-electron chi connectivity index (χ4n) is 2.22. The van der Waals surface area contributed by atoms with Crippen molar-refractivity contribution in [3.8, 4) is 0 Å². The molecule has 0 amide bonds. The van der Waals surface area contributed by atoms with E-state index in [0.717, 1.165) is 24.8 Å². The molecule has 1 aliphatic rings. The highest BCUT2D eigenvalue weighted by Crippen LogP contribution is 2.27. The molecule has 0 radical (unpaired) electrons. The van der Waals surface area contributed by atoms with Gasteiger partial charge in [-0.3, -0.25) is 4.57 Å². The van der Waals surface area contributed by atoms with Gasteiger partial charge in [-0.1, -0.05) is 13.3 Å². The highest BCUT2D eigenvalue weighted by molar-refractivity contribution is 5.36. The van der Waals surface area contributed by atoms with Crippen LogP contribution >= 0.6 is 0 Å². The van der Waals surface area contributed by atoms with Crippen LogP contribution in [0.4, 0.5) is 5.82 Å².